The monoisotopic (exact) mass is 326 g/mol. The summed E-state index contributed by atoms with van der Waals surface area (Å²) in [5.41, 5.74) is -1.60. The van der Waals surface area contributed by atoms with Crippen molar-refractivity contribution in [2.45, 2.75) is 12.7 Å². The Bertz CT molecular complexity index is 784. The molecule has 0 radical (unpaired) electrons. The molecule has 0 saturated heterocycles. The molecule has 0 bridgehead atoms. The molecule has 0 saturated carbocycles. The number of hydrogen-bond donors (Lipinski definition) is 2. The lowest BCUT2D eigenvalue weighted by Crippen LogP contribution is -2.25. The molecule has 2 rings (SSSR count). The quantitative estimate of drug-likeness (QED) is 0.906. The summed E-state index contributed by atoms with van der Waals surface area (Å²) < 4.78 is 39.1. The summed E-state index contributed by atoms with van der Waals surface area (Å²) in [6, 6.07) is 8.01. The molecule has 1 aromatic heterocycles. The van der Waals surface area contributed by atoms with Gasteiger partial charge in [-0.3, -0.25) is 4.79 Å². The van der Waals surface area contributed by atoms with Crippen molar-refractivity contribution in [3.8, 4) is 0 Å². The summed E-state index contributed by atoms with van der Waals surface area (Å²) >= 11 is 0. The topological polar surface area (TPSA) is 73.4 Å². The van der Waals surface area contributed by atoms with Crippen LogP contribution in [0.1, 0.15) is 21.6 Å². The largest absolute Gasteiger partial charge is 0.478 e. The number of nitrogens with zero attached hydrogens (tertiary/aromatic N) is 1. The van der Waals surface area contributed by atoms with Gasteiger partial charge in [-0.1, -0.05) is 12.1 Å². The van der Waals surface area contributed by atoms with Crippen LogP contribution in [0.2, 0.25) is 0 Å². The van der Waals surface area contributed by atoms with Gasteiger partial charge in [0.1, 0.15) is 5.69 Å². The number of carbonyl (C=O) groups is 1. The highest BCUT2D eigenvalue weighted by atomic mass is 19.4. The summed E-state index contributed by atoms with van der Waals surface area (Å²) in [7, 11) is 1.43. The number of H-pyrrole nitrogens is 1. The predicted molar refractivity (Wildman–Crippen MR) is 77.6 cm³/mol. The number of hydrogen-bond acceptors (Lipinski definition) is 3. The molecule has 8 heteroatoms. The van der Waals surface area contributed by atoms with Gasteiger partial charge in [0.15, 0.2) is 0 Å². The van der Waals surface area contributed by atoms with Crippen LogP contribution in [0.25, 0.3) is 0 Å². The van der Waals surface area contributed by atoms with Crippen LogP contribution >= 0.6 is 0 Å². The molecular formula is C15H13F3N2O3. The van der Waals surface area contributed by atoms with Crippen LogP contribution in [0.5, 0.6) is 0 Å². The van der Waals surface area contributed by atoms with Crippen LogP contribution in [0, 0.1) is 0 Å². The second-order valence-corrected chi connectivity index (χ2v) is 4.94. The molecule has 1 heterocycles. The van der Waals surface area contributed by atoms with Gasteiger partial charge in [0.2, 0.25) is 5.56 Å². The van der Waals surface area contributed by atoms with Gasteiger partial charge in [-0.2, -0.15) is 13.2 Å². The van der Waals surface area contributed by atoms with Crippen LogP contribution in [-0.2, 0) is 12.7 Å². The third kappa shape index (κ3) is 3.91. The lowest BCUT2D eigenvalue weighted by Gasteiger charge is -2.23. The van der Waals surface area contributed by atoms with E-state index in [1.54, 1.807) is 11.1 Å². The summed E-state index contributed by atoms with van der Waals surface area (Å²) in [4.78, 5) is 25.2. The van der Waals surface area contributed by atoms with Gasteiger partial charge < -0.3 is 15.0 Å². The number of pyridine rings is 1. The second-order valence-electron chi connectivity index (χ2n) is 4.94. The average Bonchev–Trinajstić information content (AvgIpc) is 2.46. The molecule has 2 N–H and O–H groups in total. The SMILES string of the molecule is CN(Cc1cccc(C(=O)O)c1)c1ccc(=O)[nH]c1C(F)(F)F. The van der Waals surface area contributed by atoms with Crippen molar-refractivity contribution in [2.24, 2.45) is 0 Å². The Kier molecular flexibility index (Phi) is 4.44. The minimum Gasteiger partial charge on any atom is -0.478 e. The fourth-order valence-corrected chi connectivity index (χ4v) is 2.16. The molecule has 0 atom stereocenters. The van der Waals surface area contributed by atoms with Crippen molar-refractivity contribution >= 4 is 11.7 Å². The van der Waals surface area contributed by atoms with E-state index in [-0.39, 0.29) is 17.8 Å². The Morgan fingerprint density at radius 3 is 2.57 bits per heavy atom. The standard InChI is InChI=1S/C15H13F3N2O3/c1-20(8-9-3-2-4-10(7-9)14(22)23)11-5-6-12(21)19-13(11)15(16,17)18/h2-7H,8H2,1H3,(H,19,21)(H,22,23). The number of anilines is 1. The van der Waals surface area contributed by atoms with Gasteiger partial charge in [0.05, 0.1) is 11.3 Å². The maximum Gasteiger partial charge on any atom is 0.433 e. The Labute approximate surface area is 129 Å². The van der Waals surface area contributed by atoms with Gasteiger partial charge >= 0.3 is 12.1 Å². The van der Waals surface area contributed by atoms with E-state index in [2.05, 4.69) is 0 Å². The van der Waals surface area contributed by atoms with Gasteiger partial charge in [-0.05, 0) is 23.8 Å². The molecular weight excluding hydrogens is 313 g/mol. The fourth-order valence-electron chi connectivity index (χ4n) is 2.16. The van der Waals surface area contributed by atoms with Gasteiger partial charge in [-0.25, -0.2) is 4.79 Å². The van der Waals surface area contributed by atoms with Gasteiger partial charge in [0.25, 0.3) is 0 Å². The molecule has 23 heavy (non-hydrogen) atoms. The van der Waals surface area contributed by atoms with E-state index in [1.807, 2.05) is 0 Å². The zero-order valence-electron chi connectivity index (χ0n) is 12.0. The van der Waals surface area contributed by atoms with E-state index < -0.39 is 23.4 Å². The molecule has 122 valence electrons. The zero-order chi connectivity index (χ0) is 17.2. The first-order valence-electron chi connectivity index (χ1n) is 6.52. The number of nitrogens with one attached hydrogen (secondary N) is 1. The first kappa shape index (κ1) is 16.6. The van der Waals surface area contributed by atoms with Crippen LogP contribution < -0.4 is 10.5 Å². The highest BCUT2D eigenvalue weighted by Crippen LogP contribution is 2.34. The molecule has 2 aromatic rings. The minimum atomic E-state index is -4.70. The van der Waals surface area contributed by atoms with E-state index in [1.165, 1.54) is 30.1 Å². The lowest BCUT2D eigenvalue weighted by molar-refractivity contribution is -0.140. The first-order chi connectivity index (χ1) is 10.7. The average molecular weight is 326 g/mol. The number of aromatic carboxylic acids is 1. The van der Waals surface area contributed by atoms with E-state index in [0.717, 1.165) is 12.1 Å². The molecule has 0 aliphatic rings. The van der Waals surface area contributed by atoms with Gasteiger partial charge in [-0.15, -0.1) is 0 Å². The van der Waals surface area contributed by atoms with Crippen molar-refractivity contribution in [1.82, 2.24) is 4.98 Å². The molecule has 0 spiro atoms. The summed E-state index contributed by atoms with van der Waals surface area (Å²) in [6.07, 6.45) is -4.70. The number of halogens is 3. The van der Waals surface area contributed by atoms with E-state index in [9.17, 15) is 22.8 Å². The van der Waals surface area contributed by atoms with Crippen LogP contribution in [0.15, 0.2) is 41.2 Å². The highest BCUT2D eigenvalue weighted by molar-refractivity contribution is 5.87. The van der Waals surface area contributed by atoms with Crippen molar-refractivity contribution in [1.29, 1.82) is 0 Å². The Morgan fingerprint density at radius 1 is 1.26 bits per heavy atom. The molecule has 0 aliphatic heterocycles. The summed E-state index contributed by atoms with van der Waals surface area (Å²) in [5.74, 6) is -1.12. The van der Waals surface area contributed by atoms with E-state index in [0.29, 0.717) is 5.56 Å². The molecule has 0 aliphatic carbocycles. The number of aromatic nitrogens is 1. The smallest absolute Gasteiger partial charge is 0.433 e. The zero-order valence-corrected chi connectivity index (χ0v) is 12.0. The predicted octanol–water partition coefficient (Wildman–Crippen LogP) is 2.73. The lowest BCUT2D eigenvalue weighted by atomic mass is 10.1. The maximum atomic E-state index is 13.0. The number of carboxylic acids is 1. The van der Waals surface area contributed by atoms with Crippen LogP contribution in [0.4, 0.5) is 18.9 Å². The highest BCUT2D eigenvalue weighted by Gasteiger charge is 2.35. The molecule has 1 aromatic carbocycles. The summed E-state index contributed by atoms with van der Waals surface area (Å²) in [5, 5.41) is 8.94. The fraction of sp³-hybridized carbons (Fsp3) is 0.200. The third-order valence-corrected chi connectivity index (χ3v) is 3.19. The molecule has 0 amide bonds. The number of alkyl halides is 3. The van der Waals surface area contributed by atoms with Crippen molar-refractivity contribution in [3.63, 3.8) is 0 Å². The number of rotatable bonds is 4. The molecule has 0 unspecified atom stereocenters. The minimum absolute atomic E-state index is 0.0495. The number of aromatic amines is 1. The first-order valence-corrected chi connectivity index (χ1v) is 6.52. The molecule has 5 nitrogen and oxygen atoms in total. The van der Waals surface area contributed by atoms with Crippen LogP contribution in [-0.4, -0.2) is 23.1 Å². The Morgan fingerprint density at radius 2 is 1.96 bits per heavy atom. The second kappa shape index (κ2) is 6.15. The van der Waals surface area contributed by atoms with Gasteiger partial charge in [0, 0.05) is 19.7 Å². The maximum absolute atomic E-state index is 13.0. The Hall–Kier alpha value is -2.77. The Balaban J connectivity index is 2.35. The van der Waals surface area contributed by atoms with Crippen LogP contribution in [0.3, 0.4) is 0 Å². The van der Waals surface area contributed by atoms with E-state index >= 15 is 0 Å². The summed E-state index contributed by atoms with van der Waals surface area (Å²) in [6.45, 7) is 0.0518. The third-order valence-electron chi connectivity index (χ3n) is 3.19. The molecule has 0 fully saturated rings. The van der Waals surface area contributed by atoms with Crippen molar-refractivity contribution < 1.29 is 23.1 Å². The van der Waals surface area contributed by atoms with E-state index in [4.69, 9.17) is 5.11 Å². The normalized spacial score (nSPS) is 11.3. The number of benzene rings is 1. The number of carboxylic acid groups (broad SMARTS) is 1. The van der Waals surface area contributed by atoms with Crippen molar-refractivity contribution in [2.75, 3.05) is 11.9 Å². The van der Waals surface area contributed by atoms with Crippen molar-refractivity contribution in [3.05, 3.63) is 63.6 Å².